The minimum Gasteiger partial charge on any atom is -0.449 e. The fourth-order valence-corrected chi connectivity index (χ4v) is 13.4. The van der Waals surface area contributed by atoms with Crippen LogP contribution in [-0.2, 0) is 19.4 Å². The molecule has 0 aromatic heterocycles. The van der Waals surface area contributed by atoms with E-state index < -0.39 is 44.2 Å². The van der Waals surface area contributed by atoms with Gasteiger partial charge in [-0.1, -0.05) is 13.5 Å². The van der Waals surface area contributed by atoms with Crippen LogP contribution in [0.4, 0.5) is 13.2 Å². The highest BCUT2D eigenvalue weighted by Crippen LogP contribution is 2.74. The van der Waals surface area contributed by atoms with E-state index in [2.05, 4.69) is 6.58 Å². The van der Waals surface area contributed by atoms with E-state index in [0.717, 1.165) is 31.1 Å². The Labute approximate surface area is 211 Å². The molecule has 8 saturated carbocycles. The van der Waals surface area contributed by atoms with E-state index in [1.165, 1.54) is 6.42 Å². The lowest BCUT2D eigenvalue weighted by Crippen LogP contribution is -2.62. The Kier molecular flexibility index (Phi) is 4.89. The maximum Gasteiger partial charge on any atom is 0.428 e. The summed E-state index contributed by atoms with van der Waals surface area (Å²) in [6, 6.07) is 0. The Hall–Kier alpha value is -1.05. The predicted octanol–water partition coefficient (Wildman–Crippen LogP) is 5.92. The van der Waals surface area contributed by atoms with E-state index in [9.17, 15) is 13.2 Å². The van der Waals surface area contributed by atoms with Gasteiger partial charge in [0.1, 0.15) is 0 Å². The molecule has 0 saturated heterocycles. The minimum atomic E-state index is -4.62. The quantitative estimate of drug-likeness (QED) is 0.330. The summed E-state index contributed by atoms with van der Waals surface area (Å²) in [6.45, 7) is 5.45. The van der Waals surface area contributed by atoms with Crippen molar-refractivity contribution in [1.82, 2.24) is 0 Å². The van der Waals surface area contributed by atoms with E-state index in [-0.39, 0.29) is 47.8 Å². The summed E-state index contributed by atoms with van der Waals surface area (Å²) in [4.78, 5) is 14.0. The number of alkyl halides is 3. The van der Waals surface area contributed by atoms with Gasteiger partial charge in [0.15, 0.2) is 9.84 Å². The number of hydrogen-bond acceptors (Lipinski definition) is 4. The van der Waals surface area contributed by atoms with Crippen LogP contribution in [0.2, 0.25) is 0 Å². The fourth-order valence-electron chi connectivity index (χ4n) is 11.9. The first-order valence-electron chi connectivity index (χ1n) is 14.1. The van der Waals surface area contributed by atoms with Crippen molar-refractivity contribution in [3.63, 3.8) is 0 Å². The molecule has 8 fully saturated rings. The average molecular weight is 527 g/mol. The van der Waals surface area contributed by atoms with Gasteiger partial charge in [-0.2, -0.15) is 13.2 Å². The highest BCUT2D eigenvalue weighted by atomic mass is 32.2. The number of halogens is 3. The Morgan fingerprint density at radius 2 is 1.61 bits per heavy atom. The lowest BCUT2D eigenvalue weighted by Gasteiger charge is -2.60. The molecule has 8 heteroatoms. The Bertz CT molecular complexity index is 1070. The largest absolute Gasteiger partial charge is 0.449 e. The van der Waals surface area contributed by atoms with Gasteiger partial charge in [-0.25, -0.2) is 8.42 Å². The summed E-state index contributed by atoms with van der Waals surface area (Å²) < 4.78 is 76.3. The third kappa shape index (κ3) is 2.78. The van der Waals surface area contributed by atoms with E-state index in [1.54, 1.807) is 0 Å². The van der Waals surface area contributed by atoms with Crippen molar-refractivity contribution in [2.24, 2.45) is 64.6 Å². The standard InChI is InChI=1S/C28H37F3O4S/c1-3-26(18-6-14-5-15(8-18)9-19(26)7-14)25(32)35-27(28(29,30)31)13-17-11-21(27)24-16-10-20(23(17)24)22(12-16)36(33,34)4-2/h4,14-24H,2-3,5-13H2,1H3. The average Bonchev–Trinajstić information content (AvgIpc) is 3.57. The molecule has 0 amide bonds. The SMILES string of the molecule is C=CS(=O)(=O)C1CC2CC1C1C3CC(C21)C(OC(=O)C1(CC)C2CC4CC(C2)CC1C4)(C(F)(F)F)C3. The van der Waals surface area contributed by atoms with Crippen molar-refractivity contribution < 1.29 is 31.1 Å². The lowest BCUT2D eigenvalue weighted by molar-refractivity contribution is -0.302. The summed E-state index contributed by atoms with van der Waals surface area (Å²) >= 11 is 0. The normalized spacial score (nSPS) is 54.2. The van der Waals surface area contributed by atoms with Crippen molar-refractivity contribution >= 4 is 15.8 Å². The van der Waals surface area contributed by atoms with E-state index in [0.29, 0.717) is 37.5 Å². The molecule has 8 aliphatic carbocycles. The van der Waals surface area contributed by atoms with Crippen LogP contribution in [0, 0.1) is 64.6 Å². The number of ether oxygens (including phenoxy) is 1. The number of sulfone groups is 1. The lowest BCUT2D eigenvalue weighted by atomic mass is 9.44. The number of carbonyl (C=O) groups excluding carboxylic acids is 1. The molecule has 8 bridgehead atoms. The van der Waals surface area contributed by atoms with Gasteiger partial charge in [-0.15, -0.1) is 0 Å². The summed E-state index contributed by atoms with van der Waals surface area (Å²) in [5.41, 5.74) is -3.19. The molecule has 8 atom stereocenters. The van der Waals surface area contributed by atoms with Gasteiger partial charge >= 0.3 is 12.1 Å². The van der Waals surface area contributed by atoms with E-state index in [4.69, 9.17) is 4.74 Å². The highest BCUT2D eigenvalue weighted by molar-refractivity contribution is 7.94. The molecule has 200 valence electrons. The van der Waals surface area contributed by atoms with Crippen molar-refractivity contribution in [2.45, 2.75) is 88.2 Å². The molecule has 0 heterocycles. The number of hydrogen-bond donors (Lipinski definition) is 0. The van der Waals surface area contributed by atoms with Crippen molar-refractivity contribution in [1.29, 1.82) is 0 Å². The van der Waals surface area contributed by atoms with Crippen LogP contribution in [0.25, 0.3) is 0 Å². The van der Waals surface area contributed by atoms with Crippen molar-refractivity contribution in [3.05, 3.63) is 12.0 Å². The Morgan fingerprint density at radius 3 is 2.17 bits per heavy atom. The molecule has 0 aromatic carbocycles. The van der Waals surface area contributed by atoms with Crippen LogP contribution in [0.1, 0.15) is 71.1 Å². The molecule has 0 N–H and O–H groups in total. The molecule has 36 heavy (non-hydrogen) atoms. The zero-order valence-electron chi connectivity index (χ0n) is 20.9. The number of esters is 1. The van der Waals surface area contributed by atoms with Crippen molar-refractivity contribution in [3.8, 4) is 0 Å². The van der Waals surface area contributed by atoms with Gasteiger partial charge in [-0.3, -0.25) is 4.79 Å². The molecule has 8 rings (SSSR count). The smallest absolute Gasteiger partial charge is 0.428 e. The number of carbonyl (C=O) groups is 1. The minimum absolute atomic E-state index is 0.0102. The number of fused-ring (bicyclic) bond motifs is 9. The first kappa shape index (κ1) is 24.0. The van der Waals surface area contributed by atoms with Gasteiger partial charge < -0.3 is 4.74 Å². The fraction of sp³-hybridized carbons (Fsp3) is 0.893. The summed E-state index contributed by atoms with van der Waals surface area (Å²) in [5, 5.41) is 0.511. The molecule has 0 aliphatic heterocycles. The molecule has 8 unspecified atom stereocenters. The second-order valence-corrected chi connectivity index (χ2v) is 15.7. The van der Waals surface area contributed by atoms with Crippen LogP contribution in [0.3, 0.4) is 0 Å². The number of rotatable bonds is 5. The molecule has 4 nitrogen and oxygen atoms in total. The molecule has 0 aromatic rings. The van der Waals surface area contributed by atoms with Gasteiger partial charge in [-0.05, 0) is 117 Å². The molecular weight excluding hydrogens is 489 g/mol. The maximum atomic E-state index is 15.0. The topological polar surface area (TPSA) is 60.4 Å². The van der Waals surface area contributed by atoms with Crippen molar-refractivity contribution in [2.75, 3.05) is 0 Å². The third-order valence-electron chi connectivity index (χ3n) is 12.8. The Morgan fingerprint density at radius 1 is 0.972 bits per heavy atom. The van der Waals surface area contributed by atoms with E-state index in [1.807, 2.05) is 6.92 Å². The molecule has 0 radical (unpaired) electrons. The van der Waals surface area contributed by atoms with Gasteiger partial charge in [0.05, 0.1) is 10.7 Å². The molecule has 0 spiro atoms. The second kappa shape index (κ2) is 7.32. The first-order valence-corrected chi connectivity index (χ1v) is 15.7. The van der Waals surface area contributed by atoms with Gasteiger partial charge in [0.2, 0.25) is 5.60 Å². The first-order chi connectivity index (χ1) is 16.9. The molecule has 8 aliphatic rings. The second-order valence-electron chi connectivity index (χ2n) is 13.6. The van der Waals surface area contributed by atoms with Crippen LogP contribution in [-0.4, -0.2) is 31.4 Å². The summed E-state index contributed by atoms with van der Waals surface area (Å²) in [6.07, 6.45) is 2.25. The predicted molar refractivity (Wildman–Crippen MR) is 127 cm³/mol. The van der Waals surface area contributed by atoms with Crippen LogP contribution in [0.15, 0.2) is 12.0 Å². The van der Waals surface area contributed by atoms with Crippen LogP contribution < -0.4 is 0 Å². The highest BCUT2D eigenvalue weighted by Gasteiger charge is 2.78. The summed E-state index contributed by atoms with van der Waals surface area (Å²) in [5.74, 6) is -0.362. The Balaban J connectivity index is 1.20. The van der Waals surface area contributed by atoms with Gasteiger partial charge in [0, 0.05) is 11.3 Å². The monoisotopic (exact) mass is 526 g/mol. The van der Waals surface area contributed by atoms with Crippen LogP contribution in [0.5, 0.6) is 0 Å². The zero-order valence-corrected chi connectivity index (χ0v) is 21.7. The molecular formula is C28H37F3O4S. The zero-order chi connectivity index (χ0) is 25.4. The maximum absolute atomic E-state index is 15.0. The third-order valence-corrected chi connectivity index (χ3v) is 14.6. The van der Waals surface area contributed by atoms with E-state index >= 15 is 13.2 Å². The van der Waals surface area contributed by atoms with Gasteiger partial charge in [0.25, 0.3) is 0 Å². The van der Waals surface area contributed by atoms with Crippen LogP contribution >= 0.6 is 0 Å². The summed E-state index contributed by atoms with van der Waals surface area (Å²) in [7, 11) is -3.44.